The highest BCUT2D eigenvalue weighted by molar-refractivity contribution is 6.35. The number of aromatic nitrogens is 4. The fraction of sp³-hybridized carbons (Fsp3) is 0.176. The third-order valence-corrected chi connectivity index (χ3v) is 4.13. The van der Waals surface area contributed by atoms with Crippen LogP contribution in [0.5, 0.6) is 0 Å². The van der Waals surface area contributed by atoms with Gasteiger partial charge in [0, 0.05) is 31.0 Å². The number of halogens is 2. The second kappa shape index (κ2) is 8.09. The molecule has 0 unspecified atom stereocenters. The van der Waals surface area contributed by atoms with Gasteiger partial charge in [0.15, 0.2) is 5.82 Å². The van der Waals surface area contributed by atoms with E-state index in [1.165, 1.54) is 11.8 Å². The zero-order valence-electron chi connectivity index (χ0n) is 13.5. The molecular weight excluding hydrogens is 359 g/mol. The highest BCUT2D eigenvalue weighted by Crippen LogP contribution is 2.27. The molecule has 3 rings (SSSR count). The van der Waals surface area contributed by atoms with E-state index in [2.05, 4.69) is 25.5 Å². The lowest BCUT2D eigenvalue weighted by Crippen LogP contribution is -2.23. The molecule has 0 aliphatic carbocycles. The molecule has 2 heterocycles. The van der Waals surface area contributed by atoms with Gasteiger partial charge in [0.2, 0.25) is 5.95 Å². The molecule has 25 heavy (non-hydrogen) atoms. The highest BCUT2D eigenvalue weighted by Gasteiger charge is 2.08. The Morgan fingerprint density at radius 1 is 1.12 bits per heavy atom. The van der Waals surface area contributed by atoms with Crippen LogP contribution in [0.1, 0.15) is 5.56 Å². The van der Waals surface area contributed by atoms with Crippen LogP contribution in [-0.4, -0.2) is 33.8 Å². The number of nitrogens with zero attached hydrogens (tertiary/aromatic N) is 5. The van der Waals surface area contributed by atoms with Crippen molar-refractivity contribution in [2.24, 2.45) is 0 Å². The van der Waals surface area contributed by atoms with Gasteiger partial charge in [-0.05, 0) is 42.3 Å². The summed E-state index contributed by atoms with van der Waals surface area (Å²) in [7, 11) is 1.92. The van der Waals surface area contributed by atoms with Crippen molar-refractivity contribution in [3.05, 3.63) is 64.5 Å². The molecule has 1 aromatic carbocycles. The number of hydrogen-bond acceptors (Lipinski definition) is 6. The van der Waals surface area contributed by atoms with Crippen molar-refractivity contribution in [1.82, 2.24) is 20.2 Å². The molecule has 0 aliphatic rings. The van der Waals surface area contributed by atoms with E-state index in [1.54, 1.807) is 30.6 Å². The minimum Gasteiger partial charge on any atom is -0.342 e. The van der Waals surface area contributed by atoms with Gasteiger partial charge in [-0.2, -0.15) is 10.1 Å². The smallest absolute Gasteiger partial charge is 0.247 e. The van der Waals surface area contributed by atoms with Crippen LogP contribution in [-0.2, 0) is 6.42 Å². The summed E-state index contributed by atoms with van der Waals surface area (Å²) in [5, 5.41) is 12.3. The second-order valence-corrected chi connectivity index (χ2v) is 6.26. The van der Waals surface area contributed by atoms with E-state index < -0.39 is 0 Å². The van der Waals surface area contributed by atoms with Gasteiger partial charge in [-0.1, -0.05) is 23.2 Å². The first-order valence-electron chi connectivity index (χ1n) is 7.63. The van der Waals surface area contributed by atoms with Crippen molar-refractivity contribution in [3.63, 3.8) is 0 Å². The Morgan fingerprint density at radius 3 is 2.72 bits per heavy atom. The summed E-state index contributed by atoms with van der Waals surface area (Å²) < 4.78 is 0. The molecule has 0 saturated carbocycles. The maximum absolute atomic E-state index is 6.17. The first-order valence-corrected chi connectivity index (χ1v) is 8.39. The number of likely N-dealkylation sites (N-methyl/N-ethyl adjacent to an activating group) is 1. The maximum Gasteiger partial charge on any atom is 0.247 e. The minimum absolute atomic E-state index is 0.525. The van der Waals surface area contributed by atoms with Gasteiger partial charge in [-0.25, -0.2) is 0 Å². The molecule has 1 N–H and O–H groups in total. The molecule has 8 heteroatoms. The Bertz CT molecular complexity index is 844. The van der Waals surface area contributed by atoms with Crippen molar-refractivity contribution < 1.29 is 0 Å². The Labute approximate surface area is 155 Å². The van der Waals surface area contributed by atoms with E-state index in [-0.39, 0.29) is 0 Å². The molecule has 0 saturated heterocycles. The van der Waals surface area contributed by atoms with Crippen LogP contribution in [0.3, 0.4) is 0 Å². The van der Waals surface area contributed by atoms with Crippen molar-refractivity contribution in [2.45, 2.75) is 6.42 Å². The fourth-order valence-electron chi connectivity index (χ4n) is 2.19. The molecule has 0 atom stereocenters. The Balaban J connectivity index is 1.69. The zero-order valence-corrected chi connectivity index (χ0v) is 15.0. The molecular formula is C17H16Cl2N6. The molecule has 0 bridgehead atoms. The van der Waals surface area contributed by atoms with Crippen molar-refractivity contribution >= 4 is 40.7 Å². The van der Waals surface area contributed by atoms with Crippen molar-refractivity contribution in [3.8, 4) is 0 Å². The summed E-state index contributed by atoms with van der Waals surface area (Å²) >= 11 is 12.2. The van der Waals surface area contributed by atoms with E-state index in [0.717, 1.165) is 13.0 Å². The summed E-state index contributed by atoms with van der Waals surface area (Å²) in [6, 6.07) is 9.17. The molecule has 6 nitrogen and oxygen atoms in total. The molecule has 128 valence electrons. The number of hydrogen-bond donors (Lipinski definition) is 1. The number of benzene rings is 1. The fourth-order valence-corrected chi connectivity index (χ4v) is 2.53. The monoisotopic (exact) mass is 374 g/mol. The average molecular weight is 375 g/mol. The number of rotatable bonds is 6. The van der Waals surface area contributed by atoms with Gasteiger partial charge in [-0.15, -0.1) is 5.10 Å². The lowest BCUT2D eigenvalue weighted by atomic mass is 10.2. The van der Waals surface area contributed by atoms with Crippen LogP contribution in [0.4, 0.5) is 17.5 Å². The van der Waals surface area contributed by atoms with E-state index in [0.29, 0.717) is 27.5 Å². The Morgan fingerprint density at radius 2 is 1.92 bits per heavy atom. The predicted molar refractivity (Wildman–Crippen MR) is 101 cm³/mol. The largest absolute Gasteiger partial charge is 0.342 e. The van der Waals surface area contributed by atoms with Crippen LogP contribution < -0.4 is 10.2 Å². The molecule has 0 spiro atoms. The van der Waals surface area contributed by atoms with Crippen LogP contribution in [0.2, 0.25) is 10.0 Å². The predicted octanol–water partition coefficient (Wildman–Crippen LogP) is 4.00. The molecule has 0 radical (unpaired) electrons. The van der Waals surface area contributed by atoms with Crippen molar-refractivity contribution in [1.29, 1.82) is 0 Å². The van der Waals surface area contributed by atoms with E-state index in [1.807, 2.05) is 24.1 Å². The molecule has 0 aliphatic heterocycles. The second-order valence-electron chi connectivity index (χ2n) is 5.42. The number of nitrogens with one attached hydrogen (secondary N) is 1. The van der Waals surface area contributed by atoms with Crippen LogP contribution in [0.15, 0.2) is 48.9 Å². The van der Waals surface area contributed by atoms with Gasteiger partial charge in [-0.3, -0.25) is 4.98 Å². The summed E-state index contributed by atoms with van der Waals surface area (Å²) in [5.41, 5.74) is 1.87. The molecule has 0 fully saturated rings. The van der Waals surface area contributed by atoms with Gasteiger partial charge in [0.25, 0.3) is 0 Å². The van der Waals surface area contributed by atoms with E-state index in [9.17, 15) is 0 Å². The number of anilines is 3. The highest BCUT2D eigenvalue weighted by atomic mass is 35.5. The normalized spacial score (nSPS) is 10.5. The molecule has 0 amide bonds. The van der Waals surface area contributed by atoms with Gasteiger partial charge in [0.1, 0.15) is 0 Å². The first-order chi connectivity index (χ1) is 12.1. The lowest BCUT2D eigenvalue weighted by Gasteiger charge is -2.17. The topological polar surface area (TPSA) is 66.8 Å². The molecule has 3 aromatic rings. The quantitative estimate of drug-likeness (QED) is 0.703. The third kappa shape index (κ3) is 4.78. The Kier molecular flexibility index (Phi) is 5.63. The van der Waals surface area contributed by atoms with Gasteiger partial charge < -0.3 is 10.2 Å². The van der Waals surface area contributed by atoms with Crippen molar-refractivity contribution in [2.75, 3.05) is 23.8 Å². The number of pyridine rings is 1. The lowest BCUT2D eigenvalue weighted by molar-refractivity contribution is 0.812. The summed E-state index contributed by atoms with van der Waals surface area (Å²) in [5.74, 6) is 1.07. The average Bonchev–Trinajstić information content (AvgIpc) is 2.64. The molecule has 2 aromatic heterocycles. The van der Waals surface area contributed by atoms with Crippen LogP contribution in [0, 0.1) is 0 Å². The van der Waals surface area contributed by atoms with E-state index in [4.69, 9.17) is 23.2 Å². The van der Waals surface area contributed by atoms with Gasteiger partial charge in [0.05, 0.1) is 16.9 Å². The zero-order chi connectivity index (χ0) is 17.6. The standard InChI is InChI=1S/C17H16Cl2N6/c1-25(9-6-12-4-7-20-8-5-12)17-23-16(11-21-24-17)22-15-10-13(18)2-3-14(15)19/h2-5,7-8,10-11H,6,9H2,1H3,(H,22,23,24). The van der Waals surface area contributed by atoms with Crippen LogP contribution >= 0.6 is 23.2 Å². The SMILES string of the molecule is CN(CCc1ccncc1)c1nncc(Nc2cc(Cl)ccc2Cl)n1. The summed E-state index contributed by atoms with van der Waals surface area (Å²) in [6.07, 6.45) is 5.97. The van der Waals surface area contributed by atoms with Gasteiger partial charge >= 0.3 is 0 Å². The summed E-state index contributed by atoms with van der Waals surface area (Å²) in [6.45, 7) is 0.757. The Hall–Kier alpha value is -2.44. The first kappa shape index (κ1) is 17.4. The third-order valence-electron chi connectivity index (χ3n) is 3.57. The summed E-state index contributed by atoms with van der Waals surface area (Å²) in [4.78, 5) is 10.4. The minimum atomic E-state index is 0.525. The maximum atomic E-state index is 6.17. The van der Waals surface area contributed by atoms with E-state index >= 15 is 0 Å². The van der Waals surface area contributed by atoms with Crippen LogP contribution in [0.25, 0.3) is 0 Å².